The van der Waals surface area contributed by atoms with Crippen LogP contribution in [0.3, 0.4) is 0 Å². The van der Waals surface area contributed by atoms with Crippen LogP contribution >= 0.6 is 41.5 Å². The molecule has 2 N–H and O–H groups in total. The number of halogens is 1. The van der Waals surface area contributed by atoms with Crippen LogP contribution in [0.4, 0.5) is 11.6 Å². The van der Waals surface area contributed by atoms with Crippen molar-refractivity contribution >= 4 is 59.1 Å². The van der Waals surface area contributed by atoms with Gasteiger partial charge in [0.05, 0.1) is 23.2 Å². The summed E-state index contributed by atoms with van der Waals surface area (Å²) in [5.41, 5.74) is 3.64. The number of pyridine rings is 2. The van der Waals surface area contributed by atoms with Gasteiger partial charge in [0.25, 0.3) is 0 Å². The number of hydrogen-bond acceptors (Lipinski definition) is 9. The Morgan fingerprint density at radius 2 is 2.08 bits per heavy atom. The number of benzene rings is 1. The molecular weight excluding hydrogens is 631 g/mol. The van der Waals surface area contributed by atoms with Crippen LogP contribution in [0.2, 0.25) is 0 Å². The lowest BCUT2D eigenvalue weighted by Crippen LogP contribution is -2.32. The molecule has 1 aliphatic rings. The predicted octanol–water partition coefficient (Wildman–Crippen LogP) is 6.40. The van der Waals surface area contributed by atoms with Gasteiger partial charge >= 0.3 is 5.97 Å². The van der Waals surface area contributed by atoms with E-state index in [1.165, 1.54) is 27.4 Å². The summed E-state index contributed by atoms with van der Waals surface area (Å²) < 4.78 is 4.86. The van der Waals surface area contributed by atoms with Crippen molar-refractivity contribution in [3.05, 3.63) is 87.7 Å². The molecule has 7 nitrogen and oxygen atoms in total. The van der Waals surface area contributed by atoms with Crippen LogP contribution in [0.25, 0.3) is 10.6 Å². The average Bonchev–Trinajstić information content (AvgIpc) is 3.43. The van der Waals surface area contributed by atoms with Crippen LogP contribution in [-0.4, -0.2) is 33.1 Å². The van der Waals surface area contributed by atoms with Crippen molar-refractivity contribution in [1.29, 1.82) is 0 Å². The van der Waals surface area contributed by atoms with Gasteiger partial charge in [-0.2, -0.15) is 0 Å². The monoisotopic (exact) mass is 654 g/mol. The van der Waals surface area contributed by atoms with Gasteiger partial charge in [0.1, 0.15) is 22.2 Å². The van der Waals surface area contributed by atoms with Crippen molar-refractivity contribution in [2.45, 2.75) is 31.8 Å². The van der Waals surface area contributed by atoms with E-state index in [1.54, 1.807) is 18.5 Å². The van der Waals surface area contributed by atoms with Gasteiger partial charge in [0, 0.05) is 39.2 Å². The number of anilines is 2. The maximum Gasteiger partial charge on any atom is 0.337 e. The molecule has 0 aliphatic heterocycles. The number of ether oxygens (including phenoxy) is 1. The molecule has 1 aliphatic carbocycles. The van der Waals surface area contributed by atoms with E-state index in [0.29, 0.717) is 28.6 Å². The number of aromatic nitrogens is 3. The van der Waals surface area contributed by atoms with Gasteiger partial charge < -0.3 is 15.2 Å². The number of rotatable bonds is 5. The zero-order valence-corrected chi connectivity index (χ0v) is 24.4. The molecule has 192 valence electrons. The number of thiazole rings is 1. The van der Waals surface area contributed by atoms with Crippen molar-refractivity contribution in [3.8, 4) is 21.7 Å². The van der Waals surface area contributed by atoms with Gasteiger partial charge in [0.2, 0.25) is 0 Å². The van der Waals surface area contributed by atoms with E-state index in [4.69, 9.17) is 9.72 Å². The van der Waals surface area contributed by atoms with Gasteiger partial charge in [-0.3, -0.25) is 0 Å². The number of carbonyl (C=O) groups is 1. The summed E-state index contributed by atoms with van der Waals surface area (Å²) in [4.78, 5) is 26.7. The SMILES string of the molecule is COC(=O)c1ccc2c(c1)CCCC2(O)c1ncc(-c2cc(C)cc(Nc3cc(C#CSI)ccn3)n2)s1. The molecule has 0 saturated carbocycles. The Kier molecular flexibility index (Phi) is 7.99. The lowest BCUT2D eigenvalue weighted by molar-refractivity contribution is 0.0583. The topological polar surface area (TPSA) is 97.2 Å². The summed E-state index contributed by atoms with van der Waals surface area (Å²) in [5.74, 6) is 4.01. The first kappa shape index (κ1) is 26.6. The number of fused-ring (bicyclic) bond motifs is 1. The zero-order valence-electron chi connectivity index (χ0n) is 20.6. The van der Waals surface area contributed by atoms with Gasteiger partial charge in [-0.1, -0.05) is 12.0 Å². The molecule has 0 amide bonds. The average molecular weight is 655 g/mol. The number of aliphatic hydroxyl groups is 1. The molecule has 0 fully saturated rings. The molecule has 1 unspecified atom stereocenters. The number of aryl methyl sites for hydroxylation is 2. The highest BCUT2D eigenvalue weighted by atomic mass is 127. The Morgan fingerprint density at radius 3 is 2.89 bits per heavy atom. The molecule has 1 atom stereocenters. The standard InChI is InChI=1S/C28H23IN4O3S2/c1-17-12-22(32-25(13-17)33-24-14-18(7-10-30-24)8-11-37-29)23-16-31-27(38-23)28(35)9-3-4-19-15-20(26(34)36-2)5-6-21(19)28/h5-7,10,12-16,35H,3-4,9H2,1-2H3,(H,30,32,33). The van der Waals surface area contributed by atoms with E-state index in [2.05, 4.69) is 47.7 Å². The summed E-state index contributed by atoms with van der Waals surface area (Å²) in [6, 6.07) is 13.0. The van der Waals surface area contributed by atoms with E-state index in [-0.39, 0.29) is 5.97 Å². The lowest BCUT2D eigenvalue weighted by atomic mass is 9.79. The number of carbonyl (C=O) groups excluding carboxylic acids is 1. The highest BCUT2D eigenvalue weighted by Gasteiger charge is 2.39. The summed E-state index contributed by atoms with van der Waals surface area (Å²) in [6.07, 6.45) is 5.60. The predicted molar refractivity (Wildman–Crippen MR) is 160 cm³/mol. The fourth-order valence-electron chi connectivity index (χ4n) is 4.57. The van der Waals surface area contributed by atoms with Crippen molar-refractivity contribution in [2.24, 2.45) is 0 Å². The summed E-state index contributed by atoms with van der Waals surface area (Å²) >= 11 is 3.57. The zero-order chi connectivity index (χ0) is 26.7. The molecule has 38 heavy (non-hydrogen) atoms. The number of nitrogens with zero attached hydrogens (tertiary/aromatic N) is 3. The van der Waals surface area contributed by atoms with Crippen LogP contribution in [-0.2, 0) is 16.8 Å². The first-order chi connectivity index (χ1) is 18.4. The second-order valence-electron chi connectivity index (χ2n) is 8.88. The molecule has 0 radical (unpaired) electrons. The molecule has 3 aromatic heterocycles. The Labute approximate surface area is 241 Å². The quantitative estimate of drug-likeness (QED) is 0.145. The third-order valence-electron chi connectivity index (χ3n) is 6.29. The van der Waals surface area contributed by atoms with Crippen LogP contribution < -0.4 is 5.32 Å². The highest BCUT2D eigenvalue weighted by molar-refractivity contribution is 14.2. The lowest BCUT2D eigenvalue weighted by Gasteiger charge is -2.33. The van der Waals surface area contributed by atoms with Crippen molar-refractivity contribution in [3.63, 3.8) is 0 Å². The Hall–Kier alpha value is -2.98. The third kappa shape index (κ3) is 5.56. The Balaban J connectivity index is 1.44. The molecule has 3 heterocycles. The Morgan fingerprint density at radius 1 is 1.21 bits per heavy atom. The van der Waals surface area contributed by atoms with Crippen LogP contribution in [0, 0.1) is 18.1 Å². The van der Waals surface area contributed by atoms with Crippen LogP contribution in [0.5, 0.6) is 0 Å². The first-order valence-corrected chi connectivity index (χ1v) is 16.0. The Bertz CT molecular complexity index is 1580. The van der Waals surface area contributed by atoms with Gasteiger partial charge in [-0.05, 0) is 93.5 Å². The molecule has 0 saturated heterocycles. The highest BCUT2D eigenvalue weighted by Crippen LogP contribution is 2.43. The summed E-state index contributed by atoms with van der Waals surface area (Å²) in [7, 11) is 2.80. The normalized spacial score (nSPS) is 16.2. The molecular formula is C28H23IN4O3S2. The third-order valence-corrected chi connectivity index (χ3v) is 8.30. The van der Waals surface area contributed by atoms with Crippen molar-refractivity contribution in [1.82, 2.24) is 15.0 Å². The van der Waals surface area contributed by atoms with E-state index in [9.17, 15) is 9.90 Å². The fraction of sp³-hybridized carbons (Fsp3) is 0.214. The molecule has 0 bridgehead atoms. The second kappa shape index (κ2) is 11.4. The molecule has 10 heteroatoms. The number of methoxy groups -OCH3 is 1. The minimum atomic E-state index is -1.22. The molecule has 0 spiro atoms. The first-order valence-electron chi connectivity index (χ1n) is 11.8. The fourth-order valence-corrected chi connectivity index (χ4v) is 6.06. The van der Waals surface area contributed by atoms with Crippen molar-refractivity contribution < 1.29 is 14.6 Å². The number of nitrogens with one attached hydrogen (secondary N) is 1. The summed E-state index contributed by atoms with van der Waals surface area (Å²) in [6.45, 7) is 2.01. The van der Waals surface area contributed by atoms with E-state index in [1.807, 2.05) is 43.3 Å². The van der Waals surface area contributed by atoms with Gasteiger partial charge in [-0.25, -0.2) is 19.7 Å². The maximum absolute atomic E-state index is 12.0. The van der Waals surface area contributed by atoms with Crippen LogP contribution in [0.15, 0.2) is 54.9 Å². The largest absolute Gasteiger partial charge is 0.465 e. The minimum absolute atomic E-state index is 0.386. The van der Waals surface area contributed by atoms with E-state index >= 15 is 0 Å². The second-order valence-corrected chi connectivity index (χ2v) is 11.6. The van der Waals surface area contributed by atoms with E-state index in [0.717, 1.165) is 45.7 Å². The van der Waals surface area contributed by atoms with Crippen molar-refractivity contribution in [2.75, 3.05) is 12.4 Å². The number of hydrogen-bond donors (Lipinski definition) is 2. The van der Waals surface area contributed by atoms with Gasteiger partial charge in [-0.15, -0.1) is 11.3 Å². The molecule has 5 rings (SSSR count). The molecule has 1 aromatic carbocycles. The molecule has 4 aromatic rings. The maximum atomic E-state index is 12.0. The minimum Gasteiger partial charge on any atom is -0.465 e. The number of esters is 1. The van der Waals surface area contributed by atoms with Crippen LogP contribution in [0.1, 0.15) is 50.5 Å². The summed E-state index contributed by atoms with van der Waals surface area (Å²) in [5, 5.41) is 18.7. The van der Waals surface area contributed by atoms with Gasteiger partial charge in [0.15, 0.2) is 0 Å². The smallest absolute Gasteiger partial charge is 0.337 e. The van der Waals surface area contributed by atoms with E-state index < -0.39 is 5.60 Å².